The molecule has 2 rings (SSSR count). The van der Waals surface area contributed by atoms with E-state index in [4.69, 9.17) is 0 Å². The topological polar surface area (TPSA) is 29.9 Å². The van der Waals surface area contributed by atoms with Gasteiger partial charge in [-0.2, -0.15) is 0 Å². The van der Waals surface area contributed by atoms with Crippen LogP contribution in [-0.2, 0) is 13.0 Å². The Hall–Kier alpha value is -1.20. The van der Waals surface area contributed by atoms with Crippen LogP contribution in [0.5, 0.6) is 0 Å². The Morgan fingerprint density at radius 3 is 2.90 bits per heavy atom. The molecule has 2 aromatic rings. The fourth-order valence-corrected chi connectivity index (χ4v) is 2.70. The second-order valence-electron chi connectivity index (χ2n) is 4.61. The van der Waals surface area contributed by atoms with Crippen LogP contribution in [0.3, 0.4) is 0 Å². The van der Waals surface area contributed by atoms with Crippen molar-refractivity contribution in [2.45, 2.75) is 32.9 Å². The summed E-state index contributed by atoms with van der Waals surface area (Å²) < 4.78 is 17.0. The lowest BCUT2D eigenvalue weighted by Crippen LogP contribution is -2.25. The molecule has 0 bridgehead atoms. The molecular formula is C15H19BrFN3. The molecule has 108 valence electrons. The van der Waals surface area contributed by atoms with Gasteiger partial charge in [-0.25, -0.2) is 9.37 Å². The van der Waals surface area contributed by atoms with E-state index in [1.165, 1.54) is 6.07 Å². The second-order valence-corrected chi connectivity index (χ2v) is 5.53. The molecule has 5 heteroatoms. The molecule has 1 atom stereocenters. The smallest absolute Gasteiger partial charge is 0.128 e. The number of hydrogen-bond donors (Lipinski definition) is 1. The van der Waals surface area contributed by atoms with Crippen molar-refractivity contribution in [1.29, 1.82) is 0 Å². The van der Waals surface area contributed by atoms with E-state index in [0.29, 0.717) is 12.0 Å². The largest absolute Gasteiger partial charge is 0.335 e. The van der Waals surface area contributed by atoms with Gasteiger partial charge in [0.2, 0.25) is 0 Å². The maximum absolute atomic E-state index is 14.1. The molecule has 1 aromatic carbocycles. The summed E-state index contributed by atoms with van der Waals surface area (Å²) in [5.41, 5.74) is 0.673. The van der Waals surface area contributed by atoms with E-state index in [-0.39, 0.29) is 11.9 Å². The van der Waals surface area contributed by atoms with Crippen LogP contribution in [0.2, 0.25) is 0 Å². The van der Waals surface area contributed by atoms with Crippen molar-refractivity contribution >= 4 is 15.9 Å². The van der Waals surface area contributed by atoms with Gasteiger partial charge in [0.25, 0.3) is 0 Å². The summed E-state index contributed by atoms with van der Waals surface area (Å²) in [6.07, 6.45) is 4.41. The summed E-state index contributed by atoms with van der Waals surface area (Å²) in [7, 11) is 0. The van der Waals surface area contributed by atoms with Crippen LogP contribution < -0.4 is 5.32 Å². The summed E-state index contributed by atoms with van der Waals surface area (Å²) in [6.45, 7) is 5.75. The van der Waals surface area contributed by atoms with E-state index in [9.17, 15) is 4.39 Å². The Bertz CT molecular complexity index is 568. The van der Waals surface area contributed by atoms with Crippen molar-refractivity contribution in [3.63, 3.8) is 0 Å². The van der Waals surface area contributed by atoms with E-state index in [2.05, 4.69) is 37.7 Å². The van der Waals surface area contributed by atoms with Gasteiger partial charge in [0.05, 0.1) is 0 Å². The molecule has 0 saturated carbocycles. The average Bonchev–Trinajstić information content (AvgIpc) is 2.88. The number of benzene rings is 1. The van der Waals surface area contributed by atoms with Gasteiger partial charge >= 0.3 is 0 Å². The minimum Gasteiger partial charge on any atom is -0.335 e. The zero-order valence-corrected chi connectivity index (χ0v) is 13.3. The van der Waals surface area contributed by atoms with E-state index in [1.807, 2.05) is 19.2 Å². The van der Waals surface area contributed by atoms with Gasteiger partial charge in [-0.1, -0.05) is 22.9 Å². The predicted octanol–water partition coefficient (Wildman–Crippen LogP) is 3.70. The van der Waals surface area contributed by atoms with Gasteiger partial charge in [0.1, 0.15) is 11.6 Å². The molecule has 1 N–H and O–H groups in total. The SMILES string of the molecule is CCNC(Cc1nccn1CC)c1cc(Br)ccc1F. The standard InChI is InChI=1S/C15H19BrFN3/c1-3-18-14(10-15-19-7-8-20(15)4-2)12-9-11(16)5-6-13(12)17/h5-9,14,18H,3-4,10H2,1-2H3. The number of aromatic nitrogens is 2. The summed E-state index contributed by atoms with van der Waals surface area (Å²) >= 11 is 3.41. The van der Waals surface area contributed by atoms with Crippen LogP contribution in [0.15, 0.2) is 35.1 Å². The van der Waals surface area contributed by atoms with Gasteiger partial charge in [0.15, 0.2) is 0 Å². The number of hydrogen-bond acceptors (Lipinski definition) is 2. The molecule has 0 aliphatic heterocycles. The van der Waals surface area contributed by atoms with Crippen LogP contribution in [0, 0.1) is 5.82 Å². The molecule has 0 spiro atoms. The maximum atomic E-state index is 14.1. The van der Waals surface area contributed by atoms with Gasteiger partial charge in [-0.05, 0) is 31.7 Å². The lowest BCUT2D eigenvalue weighted by molar-refractivity contribution is 0.492. The van der Waals surface area contributed by atoms with Crippen molar-refractivity contribution in [3.8, 4) is 0 Å². The third-order valence-electron chi connectivity index (χ3n) is 3.31. The van der Waals surface area contributed by atoms with Crippen molar-refractivity contribution in [2.24, 2.45) is 0 Å². The normalized spacial score (nSPS) is 12.6. The molecule has 3 nitrogen and oxygen atoms in total. The molecule has 0 radical (unpaired) electrons. The van der Waals surface area contributed by atoms with Crippen molar-refractivity contribution < 1.29 is 4.39 Å². The first-order valence-corrected chi connectivity index (χ1v) is 7.63. The van der Waals surface area contributed by atoms with Gasteiger partial charge in [-0.3, -0.25) is 0 Å². The highest BCUT2D eigenvalue weighted by molar-refractivity contribution is 9.10. The van der Waals surface area contributed by atoms with Crippen LogP contribution in [0.25, 0.3) is 0 Å². The first-order valence-electron chi connectivity index (χ1n) is 6.84. The van der Waals surface area contributed by atoms with Crippen LogP contribution in [-0.4, -0.2) is 16.1 Å². The van der Waals surface area contributed by atoms with Crippen molar-refractivity contribution in [1.82, 2.24) is 14.9 Å². The first kappa shape index (κ1) is 15.2. The molecule has 1 unspecified atom stereocenters. The number of halogens is 2. The van der Waals surface area contributed by atoms with Crippen molar-refractivity contribution in [3.05, 3.63) is 52.3 Å². The highest BCUT2D eigenvalue weighted by atomic mass is 79.9. The summed E-state index contributed by atoms with van der Waals surface area (Å²) in [5, 5.41) is 3.34. The number of nitrogens with zero attached hydrogens (tertiary/aromatic N) is 2. The third-order valence-corrected chi connectivity index (χ3v) is 3.81. The van der Waals surface area contributed by atoms with E-state index < -0.39 is 0 Å². The zero-order valence-electron chi connectivity index (χ0n) is 11.7. The Kier molecular flexibility index (Phi) is 5.31. The Morgan fingerprint density at radius 2 is 2.20 bits per heavy atom. The average molecular weight is 340 g/mol. The highest BCUT2D eigenvalue weighted by Gasteiger charge is 2.18. The summed E-state index contributed by atoms with van der Waals surface area (Å²) in [6, 6.07) is 4.97. The number of aryl methyl sites for hydroxylation is 1. The minimum absolute atomic E-state index is 0.0785. The van der Waals surface area contributed by atoms with Crippen LogP contribution in [0.1, 0.15) is 31.3 Å². The van der Waals surface area contributed by atoms with E-state index in [0.717, 1.165) is 23.4 Å². The monoisotopic (exact) mass is 339 g/mol. The Morgan fingerprint density at radius 1 is 1.40 bits per heavy atom. The first-order chi connectivity index (χ1) is 9.65. The van der Waals surface area contributed by atoms with Gasteiger partial charge in [0, 0.05) is 41.4 Å². The zero-order chi connectivity index (χ0) is 14.5. The number of imidazole rings is 1. The maximum Gasteiger partial charge on any atom is 0.128 e. The fourth-order valence-electron chi connectivity index (χ4n) is 2.32. The number of rotatable bonds is 6. The third kappa shape index (κ3) is 3.46. The minimum atomic E-state index is -0.186. The molecule has 20 heavy (non-hydrogen) atoms. The molecular weight excluding hydrogens is 321 g/mol. The molecule has 0 amide bonds. The molecule has 0 aliphatic rings. The highest BCUT2D eigenvalue weighted by Crippen LogP contribution is 2.24. The lowest BCUT2D eigenvalue weighted by Gasteiger charge is -2.19. The molecule has 1 heterocycles. The second kappa shape index (κ2) is 6.99. The lowest BCUT2D eigenvalue weighted by atomic mass is 10.0. The van der Waals surface area contributed by atoms with E-state index >= 15 is 0 Å². The summed E-state index contributed by atoms with van der Waals surface area (Å²) in [5.74, 6) is 0.784. The van der Waals surface area contributed by atoms with E-state index in [1.54, 1.807) is 12.3 Å². The Balaban J connectivity index is 2.29. The molecule has 1 aromatic heterocycles. The van der Waals surface area contributed by atoms with Gasteiger partial charge in [-0.15, -0.1) is 0 Å². The van der Waals surface area contributed by atoms with Crippen LogP contribution >= 0.6 is 15.9 Å². The number of likely N-dealkylation sites (N-methyl/N-ethyl adjacent to an activating group) is 1. The van der Waals surface area contributed by atoms with Gasteiger partial charge < -0.3 is 9.88 Å². The number of nitrogens with one attached hydrogen (secondary N) is 1. The quantitative estimate of drug-likeness (QED) is 0.869. The van der Waals surface area contributed by atoms with Crippen LogP contribution in [0.4, 0.5) is 4.39 Å². The molecule has 0 aliphatic carbocycles. The molecule has 0 fully saturated rings. The predicted molar refractivity (Wildman–Crippen MR) is 82.1 cm³/mol. The molecule has 0 saturated heterocycles. The Labute approximate surface area is 127 Å². The fraction of sp³-hybridized carbons (Fsp3) is 0.400. The van der Waals surface area contributed by atoms with Crippen molar-refractivity contribution in [2.75, 3.05) is 6.54 Å². The summed E-state index contributed by atoms with van der Waals surface area (Å²) in [4.78, 5) is 4.38.